The average Bonchev–Trinajstić information content (AvgIpc) is 3.23. The van der Waals surface area contributed by atoms with E-state index in [2.05, 4.69) is 20.3 Å². The molecule has 0 unspecified atom stereocenters. The quantitative estimate of drug-likeness (QED) is 0.382. The number of aliphatic carboxylic acids is 1. The maximum atomic E-state index is 12.1. The number of rotatable bonds is 7. The molecule has 4 atom stereocenters. The van der Waals surface area contributed by atoms with Crippen molar-refractivity contribution in [2.75, 3.05) is 11.9 Å². The van der Waals surface area contributed by atoms with Crippen LogP contribution in [-0.4, -0.2) is 71.6 Å². The van der Waals surface area contributed by atoms with Crippen molar-refractivity contribution in [1.82, 2.24) is 19.5 Å². The van der Waals surface area contributed by atoms with E-state index >= 15 is 0 Å². The lowest BCUT2D eigenvalue weighted by Crippen LogP contribution is -2.36. The van der Waals surface area contributed by atoms with Gasteiger partial charge in [0.15, 0.2) is 17.0 Å². The molecule has 146 valence electrons. The fraction of sp³-hybridized carbons (Fsp3) is 0.533. The normalized spacial score (nSPS) is 23.4. The predicted octanol–water partition coefficient (Wildman–Crippen LogP) is -1.40. The third-order valence-electron chi connectivity index (χ3n) is 4.30. The van der Waals surface area contributed by atoms with Gasteiger partial charge in [-0.15, -0.1) is 0 Å². The molecular formula is C15H20N6O6. The molecule has 1 aliphatic rings. The maximum absolute atomic E-state index is 12.1. The van der Waals surface area contributed by atoms with Crippen molar-refractivity contribution in [2.24, 2.45) is 5.73 Å². The van der Waals surface area contributed by atoms with E-state index in [-0.39, 0.29) is 31.7 Å². The molecule has 0 saturated carbocycles. The number of carboxylic acid groups (broad SMARTS) is 1. The Morgan fingerprint density at radius 2 is 2.19 bits per heavy atom. The van der Waals surface area contributed by atoms with Gasteiger partial charge in [0.05, 0.1) is 25.1 Å². The van der Waals surface area contributed by atoms with E-state index in [1.54, 1.807) is 4.57 Å². The molecule has 0 aromatic carbocycles. The van der Waals surface area contributed by atoms with Crippen LogP contribution in [0.1, 0.15) is 25.5 Å². The Bertz CT molecular complexity index is 841. The average molecular weight is 380 g/mol. The highest BCUT2D eigenvalue weighted by atomic mass is 16.5. The second-order valence-corrected chi connectivity index (χ2v) is 6.19. The second kappa shape index (κ2) is 7.92. The number of nitrogens with two attached hydrogens (primary N) is 1. The fourth-order valence-electron chi connectivity index (χ4n) is 2.82. The molecule has 1 saturated heterocycles. The highest BCUT2D eigenvalue weighted by molar-refractivity contribution is 5.99. The highest BCUT2D eigenvalue weighted by Crippen LogP contribution is 2.31. The van der Waals surface area contributed by atoms with Gasteiger partial charge >= 0.3 is 5.97 Å². The van der Waals surface area contributed by atoms with Crippen molar-refractivity contribution in [3.05, 3.63) is 12.7 Å². The van der Waals surface area contributed by atoms with Crippen molar-refractivity contribution >= 4 is 28.9 Å². The molecule has 1 amide bonds. The van der Waals surface area contributed by atoms with E-state index in [4.69, 9.17) is 15.6 Å². The summed E-state index contributed by atoms with van der Waals surface area (Å²) in [5, 5.41) is 30.3. The van der Waals surface area contributed by atoms with Crippen LogP contribution in [0.25, 0.3) is 11.2 Å². The lowest BCUT2D eigenvalue weighted by atomic mass is 10.1. The molecule has 1 fully saturated rings. The molecule has 12 nitrogen and oxygen atoms in total. The molecule has 0 bridgehead atoms. The van der Waals surface area contributed by atoms with Gasteiger partial charge in [0, 0.05) is 12.8 Å². The van der Waals surface area contributed by atoms with Crippen LogP contribution in [-0.2, 0) is 14.3 Å². The lowest BCUT2D eigenvalue weighted by molar-refractivity contribution is -0.137. The minimum atomic E-state index is -1.04. The summed E-state index contributed by atoms with van der Waals surface area (Å²) in [6.07, 6.45) is 0.604. The monoisotopic (exact) mass is 380 g/mol. The van der Waals surface area contributed by atoms with Gasteiger partial charge in [-0.3, -0.25) is 14.2 Å². The van der Waals surface area contributed by atoms with E-state index in [1.165, 1.54) is 12.7 Å². The van der Waals surface area contributed by atoms with E-state index in [0.717, 1.165) is 0 Å². The van der Waals surface area contributed by atoms with Crippen LogP contribution < -0.4 is 11.1 Å². The zero-order valence-corrected chi connectivity index (χ0v) is 14.2. The lowest BCUT2D eigenvalue weighted by Gasteiger charge is -2.14. The van der Waals surface area contributed by atoms with Gasteiger partial charge < -0.3 is 31.1 Å². The number of aliphatic hydroxyl groups is 2. The first kappa shape index (κ1) is 19.1. The molecule has 1 aliphatic heterocycles. The summed E-state index contributed by atoms with van der Waals surface area (Å²) in [5.74, 6) is -1.49. The Kier molecular flexibility index (Phi) is 5.60. The number of carbonyl (C=O) groups excluding carboxylic acids is 1. The van der Waals surface area contributed by atoms with Crippen LogP contribution in [0, 0.1) is 0 Å². The molecule has 12 heteroatoms. The maximum Gasteiger partial charge on any atom is 0.303 e. The van der Waals surface area contributed by atoms with Crippen LogP contribution >= 0.6 is 0 Å². The molecule has 0 spiro atoms. The first-order valence-corrected chi connectivity index (χ1v) is 8.30. The number of imidazole rings is 1. The molecular weight excluding hydrogens is 360 g/mol. The van der Waals surface area contributed by atoms with Crippen LogP contribution in [0.5, 0.6) is 0 Å². The van der Waals surface area contributed by atoms with Gasteiger partial charge in [-0.2, -0.15) is 0 Å². The minimum Gasteiger partial charge on any atom is -0.481 e. The topological polar surface area (TPSA) is 186 Å². The number of nitrogens with zero attached hydrogens (tertiary/aromatic N) is 4. The van der Waals surface area contributed by atoms with Gasteiger partial charge in [-0.05, 0) is 6.42 Å². The van der Waals surface area contributed by atoms with Crippen LogP contribution in [0.2, 0.25) is 0 Å². The molecule has 3 rings (SSSR count). The SMILES string of the molecule is N[C@@H](CCC(=O)O)C(=O)Nc1ncnc2c1ncn2[C@H]1C[C@H](O)[C@@H](CO)O1. The number of nitrogens with one attached hydrogen (secondary N) is 1. The van der Waals surface area contributed by atoms with Crippen molar-refractivity contribution in [3.63, 3.8) is 0 Å². The number of hydrogen-bond acceptors (Lipinski definition) is 9. The number of amides is 1. The minimum absolute atomic E-state index is 0.0137. The van der Waals surface area contributed by atoms with E-state index in [9.17, 15) is 19.8 Å². The largest absolute Gasteiger partial charge is 0.481 e. The number of aliphatic hydroxyl groups excluding tert-OH is 2. The Hall–Kier alpha value is -2.67. The number of anilines is 1. The molecule has 2 aromatic heterocycles. The third kappa shape index (κ3) is 4.03. The van der Waals surface area contributed by atoms with Crippen LogP contribution in [0.4, 0.5) is 5.82 Å². The van der Waals surface area contributed by atoms with Gasteiger partial charge in [-0.1, -0.05) is 0 Å². The first-order valence-electron chi connectivity index (χ1n) is 8.30. The summed E-state index contributed by atoms with van der Waals surface area (Å²) in [7, 11) is 0. The van der Waals surface area contributed by atoms with E-state index < -0.39 is 36.4 Å². The fourth-order valence-corrected chi connectivity index (χ4v) is 2.82. The summed E-state index contributed by atoms with van der Waals surface area (Å²) in [4.78, 5) is 35.1. The van der Waals surface area contributed by atoms with Crippen LogP contribution in [0.15, 0.2) is 12.7 Å². The summed E-state index contributed by atoms with van der Waals surface area (Å²) in [5.41, 5.74) is 6.36. The summed E-state index contributed by atoms with van der Waals surface area (Å²) in [6, 6.07) is -1.01. The van der Waals surface area contributed by atoms with Gasteiger partial charge in [0.1, 0.15) is 18.7 Å². The zero-order valence-electron chi connectivity index (χ0n) is 14.2. The molecule has 27 heavy (non-hydrogen) atoms. The van der Waals surface area contributed by atoms with E-state index in [1.807, 2.05) is 0 Å². The molecule has 0 radical (unpaired) electrons. The van der Waals surface area contributed by atoms with E-state index in [0.29, 0.717) is 11.2 Å². The number of aromatic nitrogens is 4. The standard InChI is InChI=1S/C15H20N6O6/c16-7(1-2-11(24)25)15(26)20-13-12-14(18-5-17-13)21(6-19-12)10-3-8(23)9(4-22)27-10/h5-10,22-23H,1-4,16H2,(H,24,25)(H,17,18,20,26)/t7-,8-,9+,10+/m0/s1. The Labute approximate surface area is 153 Å². The number of carbonyl (C=O) groups is 2. The molecule has 6 N–H and O–H groups in total. The summed E-state index contributed by atoms with van der Waals surface area (Å²) < 4.78 is 7.17. The Morgan fingerprint density at radius 1 is 1.41 bits per heavy atom. The molecule has 3 heterocycles. The summed E-state index contributed by atoms with van der Waals surface area (Å²) in [6.45, 7) is -0.311. The first-order chi connectivity index (χ1) is 12.9. The van der Waals surface area contributed by atoms with Crippen molar-refractivity contribution in [3.8, 4) is 0 Å². The van der Waals surface area contributed by atoms with Gasteiger partial charge in [-0.25, -0.2) is 15.0 Å². The highest BCUT2D eigenvalue weighted by Gasteiger charge is 2.35. The van der Waals surface area contributed by atoms with Crippen molar-refractivity contribution < 1.29 is 29.6 Å². The van der Waals surface area contributed by atoms with Crippen molar-refractivity contribution in [2.45, 2.75) is 43.7 Å². The number of ether oxygens (including phenoxy) is 1. The third-order valence-corrected chi connectivity index (χ3v) is 4.30. The Balaban J connectivity index is 1.78. The second-order valence-electron chi connectivity index (χ2n) is 6.19. The van der Waals surface area contributed by atoms with Gasteiger partial charge in [0.2, 0.25) is 5.91 Å². The number of fused-ring (bicyclic) bond motifs is 1. The van der Waals surface area contributed by atoms with Crippen molar-refractivity contribution in [1.29, 1.82) is 0 Å². The smallest absolute Gasteiger partial charge is 0.303 e. The molecule has 0 aliphatic carbocycles. The molecule has 2 aromatic rings. The predicted molar refractivity (Wildman–Crippen MR) is 90.4 cm³/mol. The van der Waals surface area contributed by atoms with Gasteiger partial charge in [0.25, 0.3) is 0 Å². The zero-order chi connectivity index (χ0) is 19.6. The number of hydrogen-bond donors (Lipinski definition) is 5. The summed E-state index contributed by atoms with van der Waals surface area (Å²) >= 11 is 0. The Morgan fingerprint density at radius 3 is 2.85 bits per heavy atom. The van der Waals surface area contributed by atoms with Crippen LogP contribution in [0.3, 0.4) is 0 Å². The number of carboxylic acids is 1.